The number of thiophene rings is 1. The molecule has 0 aromatic carbocycles. The van der Waals surface area contributed by atoms with E-state index in [1.54, 1.807) is 17.4 Å². The van der Waals surface area contributed by atoms with Gasteiger partial charge in [0.05, 0.1) is 0 Å². The van der Waals surface area contributed by atoms with Crippen LogP contribution in [0.3, 0.4) is 0 Å². The first kappa shape index (κ1) is 13.8. The maximum Gasteiger partial charge on any atom is 0.328 e. The van der Waals surface area contributed by atoms with Gasteiger partial charge in [0.15, 0.2) is 0 Å². The normalized spacial score (nSPS) is 19.1. The molecule has 0 bridgehead atoms. The number of carboxylic acid groups (broad SMARTS) is 1. The molecule has 0 atom stereocenters. The van der Waals surface area contributed by atoms with E-state index in [0.717, 1.165) is 23.9 Å². The molecule has 0 aliphatic heterocycles. The second-order valence-corrected chi connectivity index (χ2v) is 7.05. The van der Waals surface area contributed by atoms with Crippen LogP contribution in [0.1, 0.15) is 36.1 Å². The van der Waals surface area contributed by atoms with E-state index in [0.29, 0.717) is 0 Å². The largest absolute Gasteiger partial charge is 0.478 e. The van der Waals surface area contributed by atoms with Crippen molar-refractivity contribution < 1.29 is 9.90 Å². The molecule has 4 heteroatoms. The van der Waals surface area contributed by atoms with Crippen LogP contribution in [-0.4, -0.2) is 29.1 Å². The van der Waals surface area contributed by atoms with Crippen molar-refractivity contribution in [3.63, 3.8) is 0 Å². The Morgan fingerprint density at radius 3 is 2.50 bits per heavy atom. The first-order valence-electron chi connectivity index (χ1n) is 7.40. The Morgan fingerprint density at radius 1 is 1.30 bits per heavy atom. The molecule has 2 aliphatic rings. The predicted molar refractivity (Wildman–Crippen MR) is 81.7 cm³/mol. The Morgan fingerprint density at radius 2 is 1.95 bits per heavy atom. The third-order valence-corrected chi connectivity index (χ3v) is 4.90. The zero-order chi connectivity index (χ0) is 13.9. The molecule has 1 aromatic heterocycles. The van der Waals surface area contributed by atoms with Gasteiger partial charge in [0.1, 0.15) is 0 Å². The Kier molecular flexibility index (Phi) is 4.22. The van der Waals surface area contributed by atoms with E-state index in [9.17, 15) is 4.79 Å². The summed E-state index contributed by atoms with van der Waals surface area (Å²) in [6, 6.07) is 2.02. The van der Waals surface area contributed by atoms with E-state index in [4.69, 9.17) is 5.11 Å². The summed E-state index contributed by atoms with van der Waals surface area (Å²) in [6.45, 7) is 3.41. The summed E-state index contributed by atoms with van der Waals surface area (Å²) < 4.78 is 0. The minimum atomic E-state index is -0.880. The van der Waals surface area contributed by atoms with Crippen molar-refractivity contribution in [2.24, 2.45) is 11.8 Å². The number of rotatable bonds is 8. The Balaban J connectivity index is 1.63. The molecule has 1 aromatic rings. The van der Waals surface area contributed by atoms with Crippen LogP contribution in [0.15, 0.2) is 17.5 Å². The van der Waals surface area contributed by atoms with Gasteiger partial charge in [-0.3, -0.25) is 4.90 Å². The average Bonchev–Trinajstić information content (AvgIpc) is 3.31. The van der Waals surface area contributed by atoms with Gasteiger partial charge in [0, 0.05) is 30.6 Å². The van der Waals surface area contributed by atoms with Crippen molar-refractivity contribution in [2.75, 3.05) is 13.1 Å². The first-order valence-corrected chi connectivity index (χ1v) is 8.28. The molecule has 2 aliphatic carbocycles. The fraction of sp³-hybridized carbons (Fsp3) is 0.562. The maximum absolute atomic E-state index is 10.6. The van der Waals surface area contributed by atoms with Crippen LogP contribution in [-0.2, 0) is 11.3 Å². The van der Waals surface area contributed by atoms with Crippen LogP contribution in [0.25, 0.3) is 6.08 Å². The highest BCUT2D eigenvalue weighted by Crippen LogP contribution is 2.35. The summed E-state index contributed by atoms with van der Waals surface area (Å²) in [5, 5.41) is 10.8. The van der Waals surface area contributed by atoms with Crippen molar-refractivity contribution in [3.8, 4) is 0 Å². The molecule has 0 saturated heterocycles. The molecule has 0 amide bonds. The van der Waals surface area contributed by atoms with E-state index in [2.05, 4.69) is 10.3 Å². The summed E-state index contributed by atoms with van der Waals surface area (Å²) in [6.07, 6.45) is 8.50. The van der Waals surface area contributed by atoms with E-state index >= 15 is 0 Å². The monoisotopic (exact) mass is 291 g/mol. The van der Waals surface area contributed by atoms with Crippen molar-refractivity contribution >= 4 is 23.4 Å². The Hall–Kier alpha value is -1.13. The minimum Gasteiger partial charge on any atom is -0.478 e. The molecule has 0 spiro atoms. The molecule has 108 valence electrons. The van der Waals surface area contributed by atoms with E-state index in [1.807, 2.05) is 6.07 Å². The van der Waals surface area contributed by atoms with Crippen LogP contribution >= 0.6 is 11.3 Å². The average molecular weight is 291 g/mol. The highest BCUT2D eigenvalue weighted by atomic mass is 32.1. The maximum atomic E-state index is 10.6. The molecule has 3 rings (SSSR count). The molecule has 0 unspecified atom stereocenters. The number of hydrogen-bond acceptors (Lipinski definition) is 3. The van der Waals surface area contributed by atoms with Gasteiger partial charge in [-0.2, -0.15) is 0 Å². The molecule has 1 heterocycles. The summed E-state index contributed by atoms with van der Waals surface area (Å²) in [7, 11) is 0. The Bertz CT molecular complexity index is 486. The third kappa shape index (κ3) is 4.18. The van der Waals surface area contributed by atoms with Crippen LogP contribution in [0, 0.1) is 11.8 Å². The lowest BCUT2D eigenvalue weighted by atomic mass is 10.2. The molecule has 0 radical (unpaired) electrons. The number of carboxylic acids is 1. The molecule has 1 N–H and O–H groups in total. The zero-order valence-electron chi connectivity index (χ0n) is 11.6. The fourth-order valence-electron chi connectivity index (χ4n) is 2.53. The quantitative estimate of drug-likeness (QED) is 0.746. The molecule has 20 heavy (non-hydrogen) atoms. The fourth-order valence-corrected chi connectivity index (χ4v) is 3.43. The first-order chi connectivity index (χ1) is 9.70. The molecule has 2 saturated carbocycles. The highest BCUT2D eigenvalue weighted by molar-refractivity contribution is 7.10. The van der Waals surface area contributed by atoms with Crippen molar-refractivity contribution in [3.05, 3.63) is 28.0 Å². The van der Waals surface area contributed by atoms with Crippen LogP contribution in [0.2, 0.25) is 0 Å². The molecular weight excluding hydrogens is 270 g/mol. The van der Waals surface area contributed by atoms with Crippen molar-refractivity contribution in [2.45, 2.75) is 32.2 Å². The molecule has 3 nitrogen and oxygen atoms in total. The van der Waals surface area contributed by atoms with E-state index in [-0.39, 0.29) is 0 Å². The highest BCUT2D eigenvalue weighted by Gasteiger charge is 2.29. The Labute approximate surface area is 123 Å². The predicted octanol–water partition coefficient (Wildman–Crippen LogP) is 3.47. The second kappa shape index (κ2) is 6.10. The molecule has 2 fully saturated rings. The van der Waals surface area contributed by atoms with Crippen LogP contribution in [0.4, 0.5) is 0 Å². The van der Waals surface area contributed by atoms with Gasteiger partial charge >= 0.3 is 5.97 Å². The summed E-state index contributed by atoms with van der Waals surface area (Å²) in [5.41, 5.74) is 1.06. The SMILES string of the molecule is O=C(O)C=Cc1ccsc1CN(CC1CC1)CC1CC1. The van der Waals surface area contributed by atoms with Gasteiger partial charge in [-0.1, -0.05) is 0 Å². The van der Waals surface area contributed by atoms with Gasteiger partial charge < -0.3 is 5.11 Å². The van der Waals surface area contributed by atoms with Gasteiger partial charge in [-0.15, -0.1) is 11.3 Å². The number of nitrogens with zero attached hydrogens (tertiary/aromatic N) is 1. The molecular formula is C16H21NO2S. The standard InChI is InChI=1S/C16H21NO2S/c18-16(19)6-5-14-7-8-20-15(14)11-17(9-12-1-2-12)10-13-3-4-13/h5-8,12-13H,1-4,9-11H2,(H,18,19). The van der Waals surface area contributed by atoms with Crippen molar-refractivity contribution in [1.82, 2.24) is 4.90 Å². The van der Waals surface area contributed by atoms with Crippen LogP contribution < -0.4 is 0 Å². The number of hydrogen-bond donors (Lipinski definition) is 1. The third-order valence-electron chi connectivity index (χ3n) is 3.98. The van der Waals surface area contributed by atoms with E-state index < -0.39 is 5.97 Å². The minimum absolute atomic E-state index is 0.880. The topological polar surface area (TPSA) is 40.5 Å². The van der Waals surface area contributed by atoms with Crippen molar-refractivity contribution in [1.29, 1.82) is 0 Å². The van der Waals surface area contributed by atoms with Gasteiger partial charge in [-0.05, 0) is 60.6 Å². The number of aliphatic carboxylic acids is 1. The number of carbonyl (C=O) groups is 1. The van der Waals surface area contributed by atoms with Crippen LogP contribution in [0.5, 0.6) is 0 Å². The second-order valence-electron chi connectivity index (χ2n) is 6.05. The lowest BCUT2D eigenvalue weighted by molar-refractivity contribution is -0.131. The summed E-state index contributed by atoms with van der Waals surface area (Å²) >= 11 is 1.74. The lowest BCUT2D eigenvalue weighted by Crippen LogP contribution is -2.27. The van der Waals surface area contributed by atoms with Gasteiger partial charge in [-0.25, -0.2) is 4.79 Å². The zero-order valence-corrected chi connectivity index (χ0v) is 12.4. The van der Waals surface area contributed by atoms with Gasteiger partial charge in [0.2, 0.25) is 0 Å². The van der Waals surface area contributed by atoms with Gasteiger partial charge in [0.25, 0.3) is 0 Å². The summed E-state index contributed by atoms with van der Waals surface area (Å²) in [4.78, 5) is 14.5. The summed E-state index contributed by atoms with van der Waals surface area (Å²) in [5.74, 6) is 0.938. The smallest absolute Gasteiger partial charge is 0.328 e. The lowest BCUT2D eigenvalue weighted by Gasteiger charge is -2.21. The van der Waals surface area contributed by atoms with E-state index in [1.165, 1.54) is 49.7 Å².